The Bertz CT molecular complexity index is 441. The molecule has 0 saturated carbocycles. The molecule has 5 nitrogen and oxygen atoms in total. The van der Waals surface area contributed by atoms with Gasteiger partial charge in [-0.15, -0.1) is 12.4 Å². The van der Waals surface area contributed by atoms with Crippen molar-refractivity contribution in [2.45, 2.75) is 12.8 Å². The standard InChI is InChI=1S/C9H10N2O3.ClH/c12-8-5-2-1-3-10-7(5)6(4-11-8)9(13)14;/h4,10H,1-3H2,(H,11,12)(H,13,14);1H. The number of carboxylic acids is 1. The normalized spacial score (nSPS) is 13.3. The summed E-state index contributed by atoms with van der Waals surface area (Å²) >= 11 is 0. The highest BCUT2D eigenvalue weighted by molar-refractivity contribution is 5.94. The van der Waals surface area contributed by atoms with Gasteiger partial charge in [-0.25, -0.2) is 4.79 Å². The second-order valence-corrected chi connectivity index (χ2v) is 3.22. The maximum absolute atomic E-state index is 11.4. The Kier molecular flexibility index (Phi) is 3.36. The van der Waals surface area contributed by atoms with Crippen molar-refractivity contribution in [3.05, 3.63) is 27.7 Å². The number of H-pyrrole nitrogens is 1. The number of hydrogen-bond donors (Lipinski definition) is 3. The molecule has 1 aliphatic rings. The summed E-state index contributed by atoms with van der Waals surface area (Å²) in [6.07, 6.45) is 2.74. The lowest BCUT2D eigenvalue weighted by atomic mass is 10.0. The number of aromatic amines is 1. The molecule has 1 aromatic rings. The Morgan fingerprint density at radius 3 is 2.87 bits per heavy atom. The van der Waals surface area contributed by atoms with Gasteiger partial charge < -0.3 is 15.4 Å². The van der Waals surface area contributed by atoms with Crippen LogP contribution in [0.15, 0.2) is 11.0 Å². The Hall–Kier alpha value is -1.49. The number of carbonyl (C=O) groups is 1. The Morgan fingerprint density at radius 2 is 2.20 bits per heavy atom. The molecule has 0 amide bonds. The van der Waals surface area contributed by atoms with Crippen LogP contribution in [0.25, 0.3) is 0 Å². The van der Waals surface area contributed by atoms with Crippen LogP contribution in [-0.4, -0.2) is 22.6 Å². The summed E-state index contributed by atoms with van der Waals surface area (Å²) < 4.78 is 0. The first-order valence-electron chi connectivity index (χ1n) is 4.42. The van der Waals surface area contributed by atoms with Gasteiger partial charge >= 0.3 is 5.97 Å². The van der Waals surface area contributed by atoms with E-state index in [4.69, 9.17) is 5.11 Å². The van der Waals surface area contributed by atoms with Crippen molar-refractivity contribution in [1.82, 2.24) is 4.98 Å². The van der Waals surface area contributed by atoms with Gasteiger partial charge in [0.2, 0.25) is 0 Å². The molecule has 0 aromatic carbocycles. The number of hydrogen-bond acceptors (Lipinski definition) is 3. The molecule has 0 spiro atoms. The lowest BCUT2D eigenvalue weighted by molar-refractivity contribution is 0.0697. The number of carboxylic acid groups (broad SMARTS) is 1. The van der Waals surface area contributed by atoms with Gasteiger partial charge in [-0.2, -0.15) is 0 Å². The predicted octanol–water partition coefficient (Wildman–Crippen LogP) is 0.853. The molecule has 3 N–H and O–H groups in total. The van der Waals surface area contributed by atoms with E-state index in [1.165, 1.54) is 6.20 Å². The Labute approximate surface area is 91.9 Å². The summed E-state index contributed by atoms with van der Waals surface area (Å²) in [6, 6.07) is 0. The molecule has 2 rings (SSSR count). The summed E-state index contributed by atoms with van der Waals surface area (Å²) in [4.78, 5) is 24.6. The van der Waals surface area contributed by atoms with Crippen molar-refractivity contribution < 1.29 is 9.90 Å². The molecule has 0 radical (unpaired) electrons. The molecule has 0 unspecified atom stereocenters. The molecule has 0 aliphatic carbocycles. The number of pyridine rings is 1. The minimum atomic E-state index is -1.02. The van der Waals surface area contributed by atoms with E-state index in [1.54, 1.807) is 0 Å². The summed E-state index contributed by atoms with van der Waals surface area (Å²) in [5.41, 5.74) is 0.972. The third-order valence-electron chi connectivity index (χ3n) is 2.33. The fourth-order valence-electron chi connectivity index (χ4n) is 1.66. The molecule has 82 valence electrons. The van der Waals surface area contributed by atoms with Crippen LogP contribution in [0.3, 0.4) is 0 Å². The zero-order chi connectivity index (χ0) is 10.1. The van der Waals surface area contributed by atoms with Gasteiger partial charge in [-0.3, -0.25) is 4.79 Å². The monoisotopic (exact) mass is 230 g/mol. The molecular weight excluding hydrogens is 220 g/mol. The molecule has 0 fully saturated rings. The Balaban J connectivity index is 0.00000112. The van der Waals surface area contributed by atoms with Gasteiger partial charge in [0, 0.05) is 18.3 Å². The van der Waals surface area contributed by atoms with Crippen molar-refractivity contribution in [3.63, 3.8) is 0 Å². The molecule has 6 heteroatoms. The second kappa shape index (κ2) is 4.35. The van der Waals surface area contributed by atoms with E-state index < -0.39 is 5.97 Å². The Morgan fingerprint density at radius 1 is 1.47 bits per heavy atom. The number of rotatable bonds is 1. The largest absolute Gasteiger partial charge is 0.478 e. The second-order valence-electron chi connectivity index (χ2n) is 3.22. The van der Waals surface area contributed by atoms with E-state index in [1.807, 2.05) is 0 Å². The molecule has 1 aromatic heterocycles. The highest BCUT2D eigenvalue weighted by atomic mass is 35.5. The number of halogens is 1. The van der Waals surface area contributed by atoms with Crippen LogP contribution in [-0.2, 0) is 6.42 Å². The fraction of sp³-hybridized carbons (Fsp3) is 0.333. The first kappa shape index (κ1) is 11.6. The fourth-order valence-corrected chi connectivity index (χ4v) is 1.66. The van der Waals surface area contributed by atoms with Crippen molar-refractivity contribution in [2.24, 2.45) is 0 Å². The van der Waals surface area contributed by atoms with Crippen LogP contribution in [0.4, 0.5) is 5.69 Å². The number of aromatic nitrogens is 1. The quantitative estimate of drug-likeness (QED) is 0.668. The van der Waals surface area contributed by atoms with E-state index >= 15 is 0 Å². The van der Waals surface area contributed by atoms with E-state index in [-0.39, 0.29) is 23.5 Å². The summed E-state index contributed by atoms with van der Waals surface area (Å²) in [5, 5.41) is 11.8. The highest BCUT2D eigenvalue weighted by Gasteiger charge is 2.19. The smallest absolute Gasteiger partial charge is 0.339 e. The van der Waals surface area contributed by atoms with Crippen LogP contribution in [0.1, 0.15) is 22.3 Å². The number of anilines is 1. The molecular formula is C9H11ClN2O3. The van der Waals surface area contributed by atoms with Gasteiger partial charge in [0.25, 0.3) is 5.56 Å². The van der Waals surface area contributed by atoms with Crippen LogP contribution < -0.4 is 10.9 Å². The zero-order valence-corrected chi connectivity index (χ0v) is 8.69. The van der Waals surface area contributed by atoms with Gasteiger partial charge in [0.15, 0.2) is 0 Å². The topological polar surface area (TPSA) is 82.2 Å². The highest BCUT2D eigenvalue weighted by Crippen LogP contribution is 2.21. The van der Waals surface area contributed by atoms with Gasteiger partial charge in [-0.1, -0.05) is 0 Å². The van der Waals surface area contributed by atoms with Gasteiger partial charge in [0.1, 0.15) is 0 Å². The van der Waals surface area contributed by atoms with Crippen LogP contribution in [0.2, 0.25) is 0 Å². The van der Waals surface area contributed by atoms with E-state index in [0.29, 0.717) is 17.7 Å². The SMILES string of the molecule is Cl.O=C(O)c1c[nH]c(=O)c2c1NCCC2. The minimum Gasteiger partial charge on any atom is -0.478 e. The summed E-state index contributed by atoms with van der Waals surface area (Å²) in [6.45, 7) is 0.719. The number of nitrogens with one attached hydrogen (secondary N) is 2. The average molecular weight is 231 g/mol. The lowest BCUT2D eigenvalue weighted by Crippen LogP contribution is -2.24. The van der Waals surface area contributed by atoms with Gasteiger partial charge in [-0.05, 0) is 12.8 Å². The van der Waals surface area contributed by atoms with E-state index in [2.05, 4.69) is 10.3 Å². The zero-order valence-electron chi connectivity index (χ0n) is 7.87. The maximum atomic E-state index is 11.4. The first-order valence-corrected chi connectivity index (χ1v) is 4.42. The number of aromatic carboxylic acids is 1. The average Bonchev–Trinajstić information content (AvgIpc) is 2.18. The van der Waals surface area contributed by atoms with Crippen molar-refractivity contribution in [2.75, 3.05) is 11.9 Å². The van der Waals surface area contributed by atoms with Crippen LogP contribution >= 0.6 is 12.4 Å². The molecule has 2 heterocycles. The van der Waals surface area contributed by atoms with Crippen LogP contribution in [0.5, 0.6) is 0 Å². The molecule has 0 atom stereocenters. The first-order chi connectivity index (χ1) is 6.70. The van der Waals surface area contributed by atoms with E-state index in [9.17, 15) is 9.59 Å². The van der Waals surface area contributed by atoms with Crippen LogP contribution in [0, 0.1) is 0 Å². The van der Waals surface area contributed by atoms with Crippen molar-refractivity contribution in [1.29, 1.82) is 0 Å². The maximum Gasteiger partial charge on any atom is 0.339 e. The lowest BCUT2D eigenvalue weighted by Gasteiger charge is -2.18. The summed E-state index contributed by atoms with van der Waals surface area (Å²) in [7, 11) is 0. The summed E-state index contributed by atoms with van der Waals surface area (Å²) in [5.74, 6) is -1.02. The predicted molar refractivity (Wildman–Crippen MR) is 58.1 cm³/mol. The molecule has 0 bridgehead atoms. The third-order valence-corrected chi connectivity index (χ3v) is 2.33. The molecule has 1 aliphatic heterocycles. The number of fused-ring (bicyclic) bond motifs is 1. The van der Waals surface area contributed by atoms with Crippen molar-refractivity contribution in [3.8, 4) is 0 Å². The minimum absolute atomic E-state index is 0. The molecule has 0 saturated heterocycles. The molecule has 15 heavy (non-hydrogen) atoms. The van der Waals surface area contributed by atoms with E-state index in [0.717, 1.165) is 13.0 Å². The van der Waals surface area contributed by atoms with Gasteiger partial charge in [0.05, 0.1) is 11.3 Å². The van der Waals surface area contributed by atoms with Crippen molar-refractivity contribution >= 4 is 24.1 Å². The third kappa shape index (κ3) is 1.97.